The molecule has 0 radical (unpaired) electrons. The van der Waals surface area contributed by atoms with Gasteiger partial charge >= 0.3 is 5.97 Å². The zero-order valence-corrected chi connectivity index (χ0v) is 19.1. The number of anilines is 2. The molecule has 0 atom stereocenters. The lowest BCUT2D eigenvalue weighted by atomic mass is 10.0. The third-order valence-corrected chi connectivity index (χ3v) is 6.78. The second-order valence-corrected chi connectivity index (χ2v) is 8.85. The van der Waals surface area contributed by atoms with Crippen molar-refractivity contribution in [1.82, 2.24) is 4.90 Å². The summed E-state index contributed by atoms with van der Waals surface area (Å²) >= 11 is 1.26. The molecule has 4 rings (SSSR count). The average molecular weight is 470 g/mol. The Labute approximate surface area is 194 Å². The highest BCUT2D eigenvalue weighted by atomic mass is 32.1. The lowest BCUT2D eigenvalue weighted by molar-refractivity contribution is -0.129. The van der Waals surface area contributed by atoms with Crippen LogP contribution in [0.15, 0.2) is 24.3 Å². The molecule has 0 aliphatic carbocycles. The first-order valence-corrected chi connectivity index (χ1v) is 11.5. The van der Waals surface area contributed by atoms with Gasteiger partial charge in [-0.1, -0.05) is 0 Å². The van der Waals surface area contributed by atoms with Crippen molar-refractivity contribution in [1.29, 1.82) is 0 Å². The minimum Gasteiger partial charge on any atom is -0.462 e. The molecule has 0 spiro atoms. The van der Waals surface area contributed by atoms with Crippen molar-refractivity contribution in [2.45, 2.75) is 39.7 Å². The first-order chi connectivity index (χ1) is 15.8. The Morgan fingerprint density at radius 1 is 1.06 bits per heavy atom. The molecule has 1 fully saturated rings. The van der Waals surface area contributed by atoms with Crippen molar-refractivity contribution in [2.75, 3.05) is 23.4 Å². The van der Waals surface area contributed by atoms with Crippen molar-refractivity contribution in [3.05, 3.63) is 45.8 Å². The summed E-state index contributed by atoms with van der Waals surface area (Å²) in [5, 5.41) is 3.18. The first kappa shape index (κ1) is 22.7. The van der Waals surface area contributed by atoms with E-state index in [0.717, 1.165) is 15.3 Å². The van der Waals surface area contributed by atoms with Gasteiger partial charge in [-0.15, -0.1) is 11.3 Å². The number of imide groups is 1. The summed E-state index contributed by atoms with van der Waals surface area (Å²) in [7, 11) is 0. The predicted molar refractivity (Wildman–Crippen MR) is 121 cm³/mol. The van der Waals surface area contributed by atoms with Crippen LogP contribution in [0.1, 0.15) is 57.8 Å². The molecule has 1 N–H and O–H groups in total. The molecule has 2 aliphatic heterocycles. The van der Waals surface area contributed by atoms with Gasteiger partial charge in [0.05, 0.1) is 24.4 Å². The Balaban J connectivity index is 1.58. The fraction of sp³-hybridized carbons (Fsp3) is 0.348. The summed E-state index contributed by atoms with van der Waals surface area (Å²) in [6.45, 7) is 4.29. The van der Waals surface area contributed by atoms with Gasteiger partial charge in [-0.2, -0.15) is 0 Å². The highest BCUT2D eigenvalue weighted by molar-refractivity contribution is 7.17. The van der Waals surface area contributed by atoms with E-state index in [0.29, 0.717) is 41.3 Å². The number of hydrogen-bond donors (Lipinski definition) is 1. The van der Waals surface area contributed by atoms with E-state index in [2.05, 4.69) is 5.32 Å². The molecule has 1 aromatic carbocycles. The van der Waals surface area contributed by atoms with Gasteiger partial charge in [0.25, 0.3) is 5.91 Å². The van der Waals surface area contributed by atoms with E-state index in [1.54, 1.807) is 24.0 Å². The molecule has 4 amide bonds. The number of esters is 1. The minimum absolute atomic E-state index is 0.0487. The maximum absolute atomic E-state index is 12.9. The number of benzene rings is 1. The molecule has 172 valence electrons. The van der Waals surface area contributed by atoms with Gasteiger partial charge in [-0.25, -0.2) is 4.79 Å². The first-order valence-electron chi connectivity index (χ1n) is 10.6. The molecule has 2 aromatic rings. The van der Waals surface area contributed by atoms with Crippen molar-refractivity contribution in [3.8, 4) is 0 Å². The van der Waals surface area contributed by atoms with Gasteiger partial charge in [0.1, 0.15) is 5.00 Å². The molecule has 0 saturated carbocycles. The van der Waals surface area contributed by atoms with E-state index in [9.17, 15) is 24.0 Å². The molecular formula is C23H23N3O6S. The summed E-state index contributed by atoms with van der Waals surface area (Å²) in [6.07, 6.45) is 0.867. The number of amides is 4. The fourth-order valence-corrected chi connectivity index (χ4v) is 5.23. The van der Waals surface area contributed by atoms with E-state index >= 15 is 0 Å². The molecule has 9 nitrogen and oxygen atoms in total. The second kappa shape index (κ2) is 9.14. The topological polar surface area (TPSA) is 113 Å². The predicted octanol–water partition coefficient (Wildman–Crippen LogP) is 2.74. The molecule has 0 unspecified atom stereocenters. The van der Waals surface area contributed by atoms with Gasteiger partial charge in [0.15, 0.2) is 0 Å². The smallest absolute Gasteiger partial charge is 0.341 e. The quantitative estimate of drug-likeness (QED) is 0.532. The van der Waals surface area contributed by atoms with Crippen LogP contribution in [0.5, 0.6) is 0 Å². The van der Waals surface area contributed by atoms with Gasteiger partial charge in [0, 0.05) is 36.8 Å². The number of fused-ring (bicyclic) bond motifs is 1. The Morgan fingerprint density at radius 3 is 2.33 bits per heavy atom. The van der Waals surface area contributed by atoms with Crippen LogP contribution < -0.4 is 10.2 Å². The van der Waals surface area contributed by atoms with Crippen LogP contribution in [-0.4, -0.2) is 47.6 Å². The van der Waals surface area contributed by atoms with E-state index < -0.39 is 11.9 Å². The number of nitrogens with zero attached hydrogens (tertiary/aromatic N) is 2. The number of nitrogens with one attached hydrogen (secondary N) is 1. The second-order valence-electron chi connectivity index (χ2n) is 7.74. The Morgan fingerprint density at radius 2 is 1.73 bits per heavy atom. The van der Waals surface area contributed by atoms with E-state index in [4.69, 9.17) is 4.74 Å². The Hall–Kier alpha value is -3.53. The molecule has 3 heterocycles. The standard InChI is InChI=1S/C23H23N3O6S/c1-3-32-23(31)20-16-10-11-25(13(2)27)12-17(16)33-22(20)24-21(30)14-4-6-15(7-5-14)26-18(28)8-9-19(26)29/h4-7H,3,8-12H2,1-2H3,(H,24,30). The molecule has 33 heavy (non-hydrogen) atoms. The van der Waals surface area contributed by atoms with E-state index in [1.807, 2.05) is 0 Å². The highest BCUT2D eigenvalue weighted by Crippen LogP contribution is 2.38. The number of carbonyl (C=O) groups excluding carboxylic acids is 5. The van der Waals surface area contributed by atoms with E-state index in [-0.39, 0.29) is 37.2 Å². The van der Waals surface area contributed by atoms with Crippen LogP contribution in [-0.2, 0) is 32.1 Å². The van der Waals surface area contributed by atoms with Crippen LogP contribution in [0.4, 0.5) is 10.7 Å². The van der Waals surface area contributed by atoms with Crippen molar-refractivity contribution in [2.24, 2.45) is 0 Å². The van der Waals surface area contributed by atoms with Crippen molar-refractivity contribution < 1.29 is 28.7 Å². The normalized spacial score (nSPS) is 15.5. The van der Waals surface area contributed by atoms with Crippen molar-refractivity contribution >= 4 is 51.6 Å². The summed E-state index contributed by atoms with van der Waals surface area (Å²) in [5.41, 5.74) is 1.86. The zero-order chi connectivity index (χ0) is 23.7. The number of rotatable bonds is 5. The molecule has 0 bridgehead atoms. The lowest BCUT2D eigenvalue weighted by Crippen LogP contribution is -2.34. The van der Waals surface area contributed by atoms with Crippen molar-refractivity contribution in [3.63, 3.8) is 0 Å². The molecule has 10 heteroatoms. The molecule has 1 saturated heterocycles. The molecular weight excluding hydrogens is 446 g/mol. The average Bonchev–Trinajstić information content (AvgIpc) is 3.32. The van der Waals surface area contributed by atoms with Gasteiger partial charge in [0.2, 0.25) is 17.7 Å². The largest absolute Gasteiger partial charge is 0.462 e. The minimum atomic E-state index is -0.511. The van der Waals surface area contributed by atoms with Crippen LogP contribution in [0.2, 0.25) is 0 Å². The Kier molecular flexibility index (Phi) is 6.28. The van der Waals surface area contributed by atoms with Gasteiger partial charge in [-0.3, -0.25) is 24.1 Å². The van der Waals surface area contributed by atoms with E-state index in [1.165, 1.54) is 30.4 Å². The fourth-order valence-electron chi connectivity index (χ4n) is 3.98. The summed E-state index contributed by atoms with van der Waals surface area (Å²) in [6, 6.07) is 6.15. The summed E-state index contributed by atoms with van der Waals surface area (Å²) in [4.78, 5) is 64.9. The third kappa shape index (κ3) is 4.38. The van der Waals surface area contributed by atoms with Crippen LogP contribution >= 0.6 is 11.3 Å². The lowest BCUT2D eigenvalue weighted by Gasteiger charge is -2.25. The van der Waals surface area contributed by atoms with Crippen LogP contribution in [0.3, 0.4) is 0 Å². The summed E-state index contributed by atoms with van der Waals surface area (Å²) in [5.74, 6) is -1.52. The Bertz CT molecular complexity index is 1140. The SMILES string of the molecule is CCOC(=O)c1c(NC(=O)c2ccc(N3C(=O)CCC3=O)cc2)sc2c1CCN(C(C)=O)C2. The summed E-state index contributed by atoms with van der Waals surface area (Å²) < 4.78 is 5.21. The molecule has 2 aliphatic rings. The maximum atomic E-state index is 12.9. The molecule has 1 aromatic heterocycles. The number of ether oxygens (including phenoxy) is 1. The van der Waals surface area contributed by atoms with Crippen LogP contribution in [0, 0.1) is 0 Å². The van der Waals surface area contributed by atoms with Gasteiger partial charge < -0.3 is 15.0 Å². The van der Waals surface area contributed by atoms with Gasteiger partial charge in [-0.05, 0) is 43.2 Å². The highest BCUT2D eigenvalue weighted by Gasteiger charge is 2.32. The monoisotopic (exact) mass is 469 g/mol. The number of carbonyl (C=O) groups is 5. The third-order valence-electron chi connectivity index (χ3n) is 5.65. The maximum Gasteiger partial charge on any atom is 0.341 e. The number of hydrogen-bond acceptors (Lipinski definition) is 7. The number of thiophene rings is 1. The zero-order valence-electron chi connectivity index (χ0n) is 18.3. The van der Waals surface area contributed by atoms with Crippen LogP contribution in [0.25, 0.3) is 0 Å².